The van der Waals surface area contributed by atoms with Crippen molar-refractivity contribution < 1.29 is 4.74 Å². The average Bonchev–Trinajstić information content (AvgIpc) is 2.29. The predicted molar refractivity (Wildman–Crippen MR) is 63.3 cm³/mol. The van der Waals surface area contributed by atoms with Gasteiger partial charge in [-0.05, 0) is 18.4 Å². The van der Waals surface area contributed by atoms with Gasteiger partial charge in [0.15, 0.2) is 0 Å². The van der Waals surface area contributed by atoms with Gasteiger partial charge >= 0.3 is 0 Å². The SMILES string of the molecule is COCCNc1cccc(SC)c1C#N. The molecule has 0 aliphatic rings. The van der Waals surface area contributed by atoms with Crippen LogP contribution in [-0.2, 0) is 4.74 Å². The summed E-state index contributed by atoms with van der Waals surface area (Å²) in [6.45, 7) is 1.34. The summed E-state index contributed by atoms with van der Waals surface area (Å²) in [6.07, 6.45) is 1.97. The van der Waals surface area contributed by atoms with E-state index < -0.39 is 0 Å². The van der Waals surface area contributed by atoms with Crippen molar-refractivity contribution in [1.29, 1.82) is 5.26 Å². The molecule has 0 amide bonds. The number of nitrogens with zero attached hydrogens (tertiary/aromatic N) is 1. The topological polar surface area (TPSA) is 45.0 Å². The molecule has 1 rings (SSSR count). The maximum Gasteiger partial charge on any atom is 0.102 e. The number of anilines is 1. The molecule has 0 radical (unpaired) electrons. The number of thioether (sulfide) groups is 1. The molecular weight excluding hydrogens is 208 g/mol. The van der Waals surface area contributed by atoms with Gasteiger partial charge in [-0.25, -0.2) is 0 Å². The zero-order chi connectivity index (χ0) is 11.1. The minimum atomic E-state index is 0.633. The number of hydrogen-bond acceptors (Lipinski definition) is 4. The predicted octanol–water partition coefficient (Wildman–Crippen LogP) is 2.34. The van der Waals surface area contributed by atoms with Crippen molar-refractivity contribution in [3.8, 4) is 6.07 Å². The summed E-state index contributed by atoms with van der Waals surface area (Å²) >= 11 is 1.58. The average molecular weight is 222 g/mol. The van der Waals surface area contributed by atoms with E-state index in [1.165, 1.54) is 0 Å². The van der Waals surface area contributed by atoms with Crippen molar-refractivity contribution in [2.24, 2.45) is 0 Å². The third-order valence-electron chi connectivity index (χ3n) is 1.98. The van der Waals surface area contributed by atoms with Crippen LogP contribution in [-0.4, -0.2) is 26.5 Å². The molecule has 0 atom stereocenters. The van der Waals surface area contributed by atoms with Gasteiger partial charge in [0, 0.05) is 18.6 Å². The normalized spacial score (nSPS) is 9.67. The number of hydrogen-bond donors (Lipinski definition) is 1. The van der Waals surface area contributed by atoms with E-state index in [2.05, 4.69) is 11.4 Å². The molecule has 0 saturated carbocycles. The van der Waals surface area contributed by atoms with Gasteiger partial charge in [0.2, 0.25) is 0 Å². The van der Waals surface area contributed by atoms with Crippen LogP contribution in [0.4, 0.5) is 5.69 Å². The van der Waals surface area contributed by atoms with Crippen LogP contribution in [0.15, 0.2) is 23.1 Å². The van der Waals surface area contributed by atoms with Crippen LogP contribution < -0.4 is 5.32 Å². The van der Waals surface area contributed by atoms with Gasteiger partial charge in [-0.1, -0.05) is 6.07 Å². The zero-order valence-electron chi connectivity index (χ0n) is 8.91. The Morgan fingerprint density at radius 1 is 1.53 bits per heavy atom. The Morgan fingerprint density at radius 3 is 2.93 bits per heavy atom. The molecule has 0 heterocycles. The summed E-state index contributed by atoms with van der Waals surface area (Å²) in [5.74, 6) is 0. The van der Waals surface area contributed by atoms with Crippen molar-refractivity contribution in [1.82, 2.24) is 0 Å². The Kier molecular flexibility index (Phi) is 5.02. The number of rotatable bonds is 5. The lowest BCUT2D eigenvalue weighted by Crippen LogP contribution is -2.08. The fourth-order valence-electron chi connectivity index (χ4n) is 1.25. The van der Waals surface area contributed by atoms with Crippen molar-refractivity contribution in [2.75, 3.05) is 31.8 Å². The molecule has 1 aromatic rings. The second-order valence-corrected chi connectivity index (χ2v) is 3.76. The number of methoxy groups -OCH3 is 1. The van der Waals surface area contributed by atoms with E-state index in [-0.39, 0.29) is 0 Å². The molecule has 3 nitrogen and oxygen atoms in total. The molecule has 0 aromatic heterocycles. The zero-order valence-corrected chi connectivity index (χ0v) is 9.73. The van der Waals surface area contributed by atoms with Gasteiger partial charge in [0.1, 0.15) is 6.07 Å². The second kappa shape index (κ2) is 6.33. The van der Waals surface area contributed by atoms with Gasteiger partial charge in [0.05, 0.1) is 17.9 Å². The summed E-state index contributed by atoms with van der Waals surface area (Å²) < 4.78 is 4.94. The van der Waals surface area contributed by atoms with Gasteiger partial charge in [-0.15, -0.1) is 11.8 Å². The molecule has 0 bridgehead atoms. The van der Waals surface area contributed by atoms with Crippen molar-refractivity contribution in [2.45, 2.75) is 4.90 Å². The molecule has 0 aliphatic heterocycles. The summed E-state index contributed by atoms with van der Waals surface area (Å²) in [5.41, 5.74) is 1.59. The first kappa shape index (κ1) is 11.9. The molecule has 80 valence electrons. The van der Waals surface area contributed by atoms with Crippen LogP contribution in [0, 0.1) is 11.3 Å². The van der Waals surface area contributed by atoms with Gasteiger partial charge in [0.25, 0.3) is 0 Å². The Bertz CT molecular complexity index is 360. The Balaban J connectivity index is 2.83. The number of nitriles is 1. The molecule has 4 heteroatoms. The first-order valence-corrected chi connectivity index (χ1v) is 5.86. The molecule has 0 fully saturated rings. The lowest BCUT2D eigenvalue weighted by Gasteiger charge is -2.09. The highest BCUT2D eigenvalue weighted by Crippen LogP contribution is 2.25. The van der Waals surface area contributed by atoms with Gasteiger partial charge in [-0.2, -0.15) is 5.26 Å². The van der Waals surface area contributed by atoms with Crippen molar-refractivity contribution in [3.63, 3.8) is 0 Å². The van der Waals surface area contributed by atoms with Gasteiger partial charge < -0.3 is 10.1 Å². The summed E-state index contributed by atoms with van der Waals surface area (Å²) in [7, 11) is 1.66. The Morgan fingerprint density at radius 2 is 2.33 bits per heavy atom. The number of nitrogens with one attached hydrogen (secondary N) is 1. The molecule has 0 saturated heterocycles. The highest BCUT2D eigenvalue weighted by molar-refractivity contribution is 7.98. The second-order valence-electron chi connectivity index (χ2n) is 2.91. The smallest absolute Gasteiger partial charge is 0.102 e. The van der Waals surface area contributed by atoms with E-state index in [9.17, 15) is 0 Å². The maximum absolute atomic E-state index is 9.05. The van der Waals surface area contributed by atoms with Crippen LogP contribution in [0.3, 0.4) is 0 Å². The minimum absolute atomic E-state index is 0.633. The largest absolute Gasteiger partial charge is 0.383 e. The molecule has 1 aromatic carbocycles. The Hall–Kier alpha value is -1.18. The standard InChI is InChI=1S/C11H14N2OS/c1-14-7-6-13-10-4-3-5-11(15-2)9(10)8-12/h3-5,13H,6-7H2,1-2H3. The minimum Gasteiger partial charge on any atom is -0.383 e. The number of benzene rings is 1. The van der Waals surface area contributed by atoms with Crippen molar-refractivity contribution >= 4 is 17.4 Å². The van der Waals surface area contributed by atoms with Crippen molar-refractivity contribution in [3.05, 3.63) is 23.8 Å². The summed E-state index contributed by atoms with van der Waals surface area (Å²) in [4.78, 5) is 1.000. The van der Waals surface area contributed by atoms with E-state index in [0.717, 1.165) is 10.6 Å². The maximum atomic E-state index is 9.05. The first-order valence-electron chi connectivity index (χ1n) is 4.63. The van der Waals surface area contributed by atoms with E-state index in [4.69, 9.17) is 10.00 Å². The third-order valence-corrected chi connectivity index (χ3v) is 2.76. The molecule has 1 N–H and O–H groups in total. The summed E-state index contributed by atoms with van der Waals surface area (Å²) in [6, 6.07) is 8.02. The quantitative estimate of drug-likeness (QED) is 0.613. The van der Waals surface area contributed by atoms with E-state index >= 15 is 0 Å². The molecule has 0 unspecified atom stereocenters. The highest BCUT2D eigenvalue weighted by atomic mass is 32.2. The summed E-state index contributed by atoms with van der Waals surface area (Å²) in [5, 5.41) is 12.2. The van der Waals surface area contributed by atoms with Crippen LogP contribution in [0.25, 0.3) is 0 Å². The van der Waals surface area contributed by atoms with Crippen LogP contribution >= 0.6 is 11.8 Å². The monoisotopic (exact) mass is 222 g/mol. The van der Waals surface area contributed by atoms with E-state index in [0.29, 0.717) is 18.7 Å². The van der Waals surface area contributed by atoms with Crippen LogP contribution in [0.1, 0.15) is 5.56 Å². The highest BCUT2D eigenvalue weighted by Gasteiger charge is 2.05. The lowest BCUT2D eigenvalue weighted by molar-refractivity contribution is 0.211. The lowest BCUT2D eigenvalue weighted by atomic mass is 10.2. The third kappa shape index (κ3) is 3.15. The fraction of sp³-hybridized carbons (Fsp3) is 0.364. The van der Waals surface area contributed by atoms with Gasteiger partial charge in [-0.3, -0.25) is 0 Å². The molecular formula is C11H14N2OS. The molecule has 0 aliphatic carbocycles. The fourth-order valence-corrected chi connectivity index (χ4v) is 1.83. The van der Waals surface area contributed by atoms with Crippen LogP contribution in [0.5, 0.6) is 0 Å². The number of ether oxygens (including phenoxy) is 1. The Labute approximate surface area is 94.4 Å². The molecule has 0 spiro atoms. The van der Waals surface area contributed by atoms with E-state index in [1.807, 2.05) is 24.5 Å². The molecule has 15 heavy (non-hydrogen) atoms. The first-order chi connectivity index (χ1) is 7.33. The van der Waals surface area contributed by atoms with E-state index in [1.54, 1.807) is 18.9 Å². The van der Waals surface area contributed by atoms with Crippen LogP contribution in [0.2, 0.25) is 0 Å².